The molecule has 0 aliphatic rings. The monoisotopic (exact) mass is 391 g/mol. The predicted octanol–water partition coefficient (Wildman–Crippen LogP) is 2.73. The third kappa shape index (κ3) is 4.96. The smallest absolute Gasteiger partial charge is 0.174 e. The predicted molar refractivity (Wildman–Crippen MR) is 89.4 cm³/mol. The summed E-state index contributed by atoms with van der Waals surface area (Å²) in [6.07, 6.45) is 2.60. The fourth-order valence-electron chi connectivity index (χ4n) is 1.76. The van der Waals surface area contributed by atoms with Gasteiger partial charge in [0.25, 0.3) is 0 Å². The minimum absolute atomic E-state index is 0.121. The van der Waals surface area contributed by atoms with Gasteiger partial charge in [-0.1, -0.05) is 19.6 Å². The summed E-state index contributed by atoms with van der Waals surface area (Å²) >= 11 is 2.23. The van der Waals surface area contributed by atoms with Gasteiger partial charge in [-0.05, 0) is 46.7 Å². The Bertz CT molecular complexity index is 433. The Morgan fingerprint density at radius 3 is 2.80 bits per heavy atom. The van der Waals surface area contributed by atoms with Gasteiger partial charge in [-0.3, -0.25) is 0 Å². The van der Waals surface area contributed by atoms with Gasteiger partial charge >= 0.3 is 0 Å². The van der Waals surface area contributed by atoms with Gasteiger partial charge in [0.05, 0.1) is 17.3 Å². The van der Waals surface area contributed by atoms with E-state index in [0.717, 1.165) is 21.3 Å². The van der Waals surface area contributed by atoms with Crippen LogP contribution in [-0.2, 0) is 6.54 Å². The van der Waals surface area contributed by atoms with Crippen LogP contribution in [0.4, 0.5) is 0 Å². The van der Waals surface area contributed by atoms with Gasteiger partial charge in [0.1, 0.15) is 6.61 Å². The Hall–Kier alpha value is -0.790. The lowest BCUT2D eigenvalue weighted by molar-refractivity contribution is 0.238. The van der Waals surface area contributed by atoms with Crippen LogP contribution in [0.2, 0.25) is 0 Å². The number of hydrogen-bond acceptors (Lipinski definition) is 4. The highest BCUT2D eigenvalue weighted by molar-refractivity contribution is 14.1. The molecule has 0 radical (unpaired) electrons. The summed E-state index contributed by atoms with van der Waals surface area (Å²) in [6, 6.07) is 4.13. The summed E-state index contributed by atoms with van der Waals surface area (Å²) < 4.78 is 12.0. The molecule has 0 fully saturated rings. The molecule has 0 bridgehead atoms. The van der Waals surface area contributed by atoms with Crippen LogP contribution in [0.5, 0.6) is 11.5 Å². The van der Waals surface area contributed by atoms with E-state index in [1.54, 1.807) is 13.2 Å². The summed E-state index contributed by atoms with van der Waals surface area (Å²) in [5.41, 5.74) is 1.10. The standard InChI is InChI=1S/C15H22INO3/c1-4-6-20-15-13(16)7-11(8-14(15)19-3)9-17-12(5-2)10-18/h4,7-8,12,17-18H,1,5-6,9-10H2,2-3H3/t12-/m1/s1. The second-order valence-corrected chi connectivity index (χ2v) is 5.54. The number of aliphatic hydroxyl groups excluding tert-OH is 1. The van der Waals surface area contributed by atoms with Gasteiger partial charge in [-0.15, -0.1) is 0 Å². The zero-order valence-electron chi connectivity index (χ0n) is 12.0. The first-order valence-corrected chi connectivity index (χ1v) is 7.68. The molecule has 0 aliphatic carbocycles. The molecule has 0 aromatic heterocycles. The molecule has 1 atom stereocenters. The minimum atomic E-state index is 0.121. The Kier molecular flexibility index (Phi) is 7.94. The maximum absolute atomic E-state index is 9.18. The summed E-state index contributed by atoms with van der Waals surface area (Å²) in [5.74, 6) is 1.46. The Labute approximate surface area is 134 Å². The minimum Gasteiger partial charge on any atom is -0.493 e. The second kappa shape index (κ2) is 9.20. The SMILES string of the molecule is C=CCOc1c(I)cc(CN[C@H](CC)CO)cc1OC. The lowest BCUT2D eigenvalue weighted by atomic mass is 10.1. The van der Waals surface area contributed by atoms with E-state index in [1.165, 1.54) is 0 Å². The molecule has 1 aromatic carbocycles. The average Bonchev–Trinajstić information content (AvgIpc) is 2.46. The number of nitrogens with one attached hydrogen (secondary N) is 1. The van der Waals surface area contributed by atoms with Crippen molar-refractivity contribution in [3.05, 3.63) is 33.9 Å². The number of aliphatic hydroxyl groups is 1. The zero-order chi connectivity index (χ0) is 15.0. The van der Waals surface area contributed by atoms with E-state index in [1.807, 2.05) is 13.0 Å². The zero-order valence-corrected chi connectivity index (χ0v) is 14.1. The molecule has 0 unspecified atom stereocenters. The first kappa shape index (κ1) is 17.3. The topological polar surface area (TPSA) is 50.7 Å². The molecule has 1 aromatic rings. The van der Waals surface area contributed by atoms with Crippen molar-refractivity contribution in [2.24, 2.45) is 0 Å². The Morgan fingerprint density at radius 1 is 1.50 bits per heavy atom. The van der Waals surface area contributed by atoms with Crippen LogP contribution in [-0.4, -0.2) is 31.5 Å². The average molecular weight is 391 g/mol. The molecule has 5 heteroatoms. The van der Waals surface area contributed by atoms with Crippen molar-refractivity contribution >= 4 is 22.6 Å². The maximum Gasteiger partial charge on any atom is 0.174 e. The van der Waals surface area contributed by atoms with Crippen molar-refractivity contribution in [1.82, 2.24) is 5.32 Å². The first-order chi connectivity index (χ1) is 9.65. The molecule has 1 rings (SSSR count). The molecule has 0 aliphatic heterocycles. The maximum atomic E-state index is 9.18. The molecule has 0 saturated heterocycles. The van der Waals surface area contributed by atoms with Gasteiger partial charge in [0.15, 0.2) is 11.5 Å². The van der Waals surface area contributed by atoms with E-state index < -0.39 is 0 Å². The van der Waals surface area contributed by atoms with Crippen LogP contribution in [0.15, 0.2) is 24.8 Å². The number of hydrogen-bond donors (Lipinski definition) is 2. The molecule has 112 valence electrons. The molecule has 0 amide bonds. The third-order valence-corrected chi connectivity index (χ3v) is 3.74. The van der Waals surface area contributed by atoms with E-state index in [2.05, 4.69) is 40.6 Å². The fourth-order valence-corrected chi connectivity index (χ4v) is 2.58. The van der Waals surface area contributed by atoms with Gasteiger partial charge in [-0.2, -0.15) is 0 Å². The van der Waals surface area contributed by atoms with Crippen LogP contribution >= 0.6 is 22.6 Å². The van der Waals surface area contributed by atoms with Crippen molar-refractivity contribution < 1.29 is 14.6 Å². The highest BCUT2D eigenvalue weighted by atomic mass is 127. The van der Waals surface area contributed by atoms with Crippen molar-refractivity contribution in [2.45, 2.75) is 25.9 Å². The number of ether oxygens (including phenoxy) is 2. The highest BCUT2D eigenvalue weighted by Gasteiger charge is 2.12. The van der Waals surface area contributed by atoms with Crippen molar-refractivity contribution in [1.29, 1.82) is 0 Å². The van der Waals surface area contributed by atoms with Gasteiger partial charge in [0.2, 0.25) is 0 Å². The lowest BCUT2D eigenvalue weighted by Crippen LogP contribution is -2.31. The van der Waals surface area contributed by atoms with Gasteiger partial charge in [0, 0.05) is 12.6 Å². The van der Waals surface area contributed by atoms with E-state index in [0.29, 0.717) is 18.9 Å². The van der Waals surface area contributed by atoms with Crippen LogP contribution in [0.1, 0.15) is 18.9 Å². The van der Waals surface area contributed by atoms with Crippen LogP contribution in [0.3, 0.4) is 0 Å². The first-order valence-electron chi connectivity index (χ1n) is 6.60. The van der Waals surface area contributed by atoms with Crippen LogP contribution in [0, 0.1) is 3.57 Å². The normalized spacial score (nSPS) is 12.0. The van der Waals surface area contributed by atoms with Crippen LogP contribution in [0.25, 0.3) is 0 Å². The summed E-state index contributed by atoms with van der Waals surface area (Å²) in [5, 5.41) is 12.5. The van der Waals surface area contributed by atoms with E-state index in [-0.39, 0.29) is 12.6 Å². The Morgan fingerprint density at radius 2 is 2.25 bits per heavy atom. The molecule has 0 saturated carbocycles. The van der Waals surface area contributed by atoms with Crippen molar-refractivity contribution in [3.8, 4) is 11.5 Å². The van der Waals surface area contributed by atoms with Crippen molar-refractivity contribution in [2.75, 3.05) is 20.3 Å². The molecule has 0 spiro atoms. The quantitative estimate of drug-likeness (QED) is 0.502. The summed E-state index contributed by atoms with van der Waals surface area (Å²) in [7, 11) is 1.63. The van der Waals surface area contributed by atoms with Gasteiger partial charge < -0.3 is 19.9 Å². The third-order valence-electron chi connectivity index (χ3n) is 2.94. The molecule has 0 heterocycles. The molecule has 4 nitrogen and oxygen atoms in total. The second-order valence-electron chi connectivity index (χ2n) is 4.38. The van der Waals surface area contributed by atoms with E-state index in [9.17, 15) is 5.11 Å². The largest absolute Gasteiger partial charge is 0.493 e. The summed E-state index contributed by atoms with van der Waals surface area (Å²) in [4.78, 5) is 0. The molecular weight excluding hydrogens is 369 g/mol. The molecule has 20 heavy (non-hydrogen) atoms. The van der Waals surface area contributed by atoms with Crippen molar-refractivity contribution in [3.63, 3.8) is 0 Å². The summed E-state index contributed by atoms with van der Waals surface area (Å²) in [6.45, 7) is 6.97. The lowest BCUT2D eigenvalue weighted by Gasteiger charge is -2.16. The van der Waals surface area contributed by atoms with E-state index in [4.69, 9.17) is 9.47 Å². The fraction of sp³-hybridized carbons (Fsp3) is 0.467. The number of benzene rings is 1. The molecular formula is C15H22INO3. The van der Waals surface area contributed by atoms with Crippen LogP contribution < -0.4 is 14.8 Å². The number of rotatable bonds is 9. The highest BCUT2D eigenvalue weighted by Crippen LogP contribution is 2.34. The van der Waals surface area contributed by atoms with Gasteiger partial charge in [-0.25, -0.2) is 0 Å². The Balaban J connectivity index is 2.84. The van der Waals surface area contributed by atoms with E-state index >= 15 is 0 Å². The number of methoxy groups -OCH3 is 1. The number of halogens is 1. The molecule has 2 N–H and O–H groups in total.